The lowest BCUT2D eigenvalue weighted by atomic mass is 10.0. The number of rotatable bonds is 5. The zero-order valence-electron chi connectivity index (χ0n) is 10.2. The van der Waals surface area contributed by atoms with Gasteiger partial charge in [0.05, 0.1) is 18.0 Å². The summed E-state index contributed by atoms with van der Waals surface area (Å²) >= 11 is 1.27. The highest BCUT2D eigenvalue weighted by Crippen LogP contribution is 2.18. The number of nitrogens with one attached hydrogen (secondary N) is 1. The largest absolute Gasteiger partial charge is 0.481 e. The maximum atomic E-state index is 12.9. The van der Waals surface area contributed by atoms with E-state index >= 15 is 0 Å². The Morgan fingerprint density at radius 3 is 2.60 bits per heavy atom. The molecule has 0 fully saturated rings. The molecule has 0 bridgehead atoms. The second-order valence-corrected chi connectivity index (χ2v) is 4.77. The van der Waals surface area contributed by atoms with Crippen LogP contribution in [-0.4, -0.2) is 22.0 Å². The lowest BCUT2D eigenvalue weighted by Crippen LogP contribution is -2.30. The van der Waals surface area contributed by atoms with Crippen LogP contribution in [0.3, 0.4) is 0 Å². The Bertz CT molecular complexity index is 599. The number of carboxylic acids is 1. The third-order valence-corrected chi connectivity index (χ3v) is 3.21. The van der Waals surface area contributed by atoms with Crippen molar-refractivity contribution >= 4 is 23.2 Å². The first kappa shape index (κ1) is 14.1. The van der Waals surface area contributed by atoms with Crippen LogP contribution < -0.4 is 5.32 Å². The van der Waals surface area contributed by atoms with Gasteiger partial charge in [-0.05, 0) is 17.7 Å². The molecule has 0 aliphatic carbocycles. The third-order valence-electron chi connectivity index (χ3n) is 2.62. The molecule has 1 amide bonds. The normalized spacial score (nSPS) is 11.8. The second kappa shape index (κ2) is 6.25. The molecule has 1 atom stereocenters. The van der Waals surface area contributed by atoms with E-state index in [1.165, 1.54) is 41.1 Å². The van der Waals surface area contributed by atoms with Crippen molar-refractivity contribution < 1.29 is 19.1 Å². The summed E-state index contributed by atoms with van der Waals surface area (Å²) in [7, 11) is 0. The fourth-order valence-corrected chi connectivity index (χ4v) is 2.21. The lowest BCUT2D eigenvalue weighted by molar-refractivity contribution is -0.137. The molecule has 2 N–H and O–H groups in total. The first-order valence-corrected chi connectivity index (χ1v) is 6.67. The van der Waals surface area contributed by atoms with E-state index in [0.29, 0.717) is 5.56 Å². The van der Waals surface area contributed by atoms with Crippen LogP contribution in [0.1, 0.15) is 28.5 Å². The van der Waals surface area contributed by atoms with Crippen molar-refractivity contribution in [3.8, 4) is 0 Å². The van der Waals surface area contributed by atoms with Crippen LogP contribution in [-0.2, 0) is 4.79 Å². The fourth-order valence-electron chi connectivity index (χ4n) is 1.68. The molecule has 0 spiro atoms. The molecule has 1 heterocycles. The monoisotopic (exact) mass is 294 g/mol. The van der Waals surface area contributed by atoms with Crippen molar-refractivity contribution in [3.63, 3.8) is 0 Å². The standard InChI is InChI=1S/C13H11FN2O3S/c14-9-3-1-8(2-4-9)10(5-12(17)18)16-13(19)11-6-20-7-15-11/h1-4,6-7,10H,5H2,(H,16,19)(H,17,18)/t10-/m0/s1. The van der Waals surface area contributed by atoms with Crippen LogP contribution in [0.25, 0.3) is 0 Å². The Balaban J connectivity index is 2.17. The summed E-state index contributed by atoms with van der Waals surface area (Å²) < 4.78 is 12.9. The highest BCUT2D eigenvalue weighted by atomic mass is 32.1. The van der Waals surface area contributed by atoms with E-state index in [1.807, 2.05) is 0 Å². The van der Waals surface area contributed by atoms with Gasteiger partial charge in [-0.25, -0.2) is 9.37 Å². The number of amides is 1. The molecule has 1 aromatic heterocycles. The van der Waals surface area contributed by atoms with Gasteiger partial charge in [-0.15, -0.1) is 11.3 Å². The Kier molecular flexibility index (Phi) is 4.41. The third kappa shape index (κ3) is 3.61. The molecule has 0 saturated heterocycles. The summed E-state index contributed by atoms with van der Waals surface area (Å²) in [6.45, 7) is 0. The molecule has 7 heteroatoms. The predicted molar refractivity (Wildman–Crippen MR) is 71.0 cm³/mol. The van der Waals surface area contributed by atoms with Crippen LogP contribution >= 0.6 is 11.3 Å². The van der Waals surface area contributed by atoms with Crippen molar-refractivity contribution in [1.82, 2.24) is 10.3 Å². The minimum absolute atomic E-state index is 0.229. The van der Waals surface area contributed by atoms with Gasteiger partial charge in [-0.3, -0.25) is 9.59 Å². The van der Waals surface area contributed by atoms with Gasteiger partial charge in [-0.2, -0.15) is 0 Å². The van der Waals surface area contributed by atoms with Crippen molar-refractivity contribution in [2.24, 2.45) is 0 Å². The molecule has 2 rings (SSSR count). The van der Waals surface area contributed by atoms with Crippen molar-refractivity contribution in [2.75, 3.05) is 0 Å². The summed E-state index contributed by atoms with van der Waals surface area (Å²) in [6.07, 6.45) is -0.290. The number of carboxylic acid groups (broad SMARTS) is 1. The van der Waals surface area contributed by atoms with Gasteiger partial charge in [0.1, 0.15) is 11.5 Å². The number of benzene rings is 1. The zero-order valence-corrected chi connectivity index (χ0v) is 11.1. The van der Waals surface area contributed by atoms with Crippen LogP contribution in [0.15, 0.2) is 35.2 Å². The number of thiazole rings is 1. The van der Waals surface area contributed by atoms with E-state index in [1.54, 1.807) is 5.38 Å². The van der Waals surface area contributed by atoms with Gasteiger partial charge >= 0.3 is 5.97 Å². The van der Waals surface area contributed by atoms with Crippen LogP contribution in [0.5, 0.6) is 0 Å². The summed E-state index contributed by atoms with van der Waals surface area (Å²) in [5.74, 6) is -1.94. The molecule has 2 aromatic rings. The fraction of sp³-hybridized carbons (Fsp3) is 0.154. The van der Waals surface area contributed by atoms with E-state index in [9.17, 15) is 14.0 Å². The number of nitrogens with zero attached hydrogens (tertiary/aromatic N) is 1. The number of hydrogen-bond donors (Lipinski definition) is 2. The minimum atomic E-state index is -1.06. The van der Waals surface area contributed by atoms with Gasteiger partial charge in [0.15, 0.2) is 0 Å². The Hall–Kier alpha value is -2.28. The summed E-state index contributed by atoms with van der Waals surface area (Å²) in [5.41, 5.74) is 2.27. The van der Waals surface area contributed by atoms with E-state index in [0.717, 1.165) is 0 Å². The number of hydrogen-bond acceptors (Lipinski definition) is 4. The highest BCUT2D eigenvalue weighted by Gasteiger charge is 2.19. The molecular formula is C13H11FN2O3S. The Labute approximate surface area is 118 Å². The van der Waals surface area contributed by atoms with Gasteiger partial charge in [0.2, 0.25) is 0 Å². The maximum Gasteiger partial charge on any atom is 0.305 e. The average Bonchev–Trinajstić information content (AvgIpc) is 2.92. The topological polar surface area (TPSA) is 79.3 Å². The molecule has 20 heavy (non-hydrogen) atoms. The SMILES string of the molecule is O=C(O)C[C@H](NC(=O)c1cscn1)c1ccc(F)cc1. The van der Waals surface area contributed by atoms with Crippen LogP contribution in [0.4, 0.5) is 4.39 Å². The molecule has 104 valence electrons. The van der Waals surface area contributed by atoms with Gasteiger partial charge in [0.25, 0.3) is 5.91 Å². The van der Waals surface area contributed by atoms with Gasteiger partial charge in [-0.1, -0.05) is 12.1 Å². The highest BCUT2D eigenvalue weighted by molar-refractivity contribution is 7.07. The van der Waals surface area contributed by atoms with Gasteiger partial charge in [0, 0.05) is 5.38 Å². The Morgan fingerprint density at radius 1 is 1.35 bits per heavy atom. The molecule has 5 nitrogen and oxygen atoms in total. The van der Waals surface area contributed by atoms with Crippen molar-refractivity contribution in [1.29, 1.82) is 0 Å². The molecule has 1 aromatic carbocycles. The molecule has 0 unspecified atom stereocenters. The summed E-state index contributed by atoms with van der Waals surface area (Å²) in [6, 6.07) is 4.61. The molecule has 0 saturated carbocycles. The second-order valence-electron chi connectivity index (χ2n) is 4.05. The predicted octanol–water partition coefficient (Wildman–Crippen LogP) is 2.23. The van der Waals surface area contributed by atoms with Crippen LogP contribution in [0, 0.1) is 5.82 Å². The number of carbonyl (C=O) groups excluding carboxylic acids is 1. The van der Waals surface area contributed by atoms with Crippen molar-refractivity contribution in [3.05, 3.63) is 52.2 Å². The number of aromatic nitrogens is 1. The molecule has 0 aliphatic heterocycles. The van der Waals surface area contributed by atoms with E-state index < -0.39 is 23.7 Å². The number of halogens is 1. The average molecular weight is 294 g/mol. The maximum absolute atomic E-state index is 12.9. The van der Waals surface area contributed by atoms with Gasteiger partial charge < -0.3 is 10.4 Å². The summed E-state index contributed by atoms with van der Waals surface area (Å²) in [4.78, 5) is 26.6. The smallest absolute Gasteiger partial charge is 0.305 e. The zero-order chi connectivity index (χ0) is 14.5. The minimum Gasteiger partial charge on any atom is -0.481 e. The van der Waals surface area contributed by atoms with Crippen molar-refractivity contribution in [2.45, 2.75) is 12.5 Å². The van der Waals surface area contributed by atoms with E-state index in [-0.39, 0.29) is 12.1 Å². The Morgan fingerprint density at radius 2 is 2.05 bits per heavy atom. The molecule has 0 aliphatic rings. The number of aliphatic carboxylic acids is 1. The first-order chi connectivity index (χ1) is 9.56. The first-order valence-electron chi connectivity index (χ1n) is 5.72. The lowest BCUT2D eigenvalue weighted by Gasteiger charge is -2.16. The molecule has 0 radical (unpaired) electrons. The number of carbonyl (C=O) groups is 2. The molecular weight excluding hydrogens is 283 g/mol. The quantitative estimate of drug-likeness (QED) is 0.886. The summed E-state index contributed by atoms with van der Waals surface area (Å²) in [5, 5.41) is 13.1. The van der Waals surface area contributed by atoms with Crippen LogP contribution in [0.2, 0.25) is 0 Å². The van der Waals surface area contributed by atoms with E-state index in [2.05, 4.69) is 10.3 Å². The van der Waals surface area contributed by atoms with E-state index in [4.69, 9.17) is 5.11 Å².